The van der Waals surface area contributed by atoms with Crippen molar-refractivity contribution in [1.82, 2.24) is 15.0 Å². The van der Waals surface area contributed by atoms with Crippen LogP contribution in [0.2, 0.25) is 15.3 Å². The van der Waals surface area contributed by atoms with Gasteiger partial charge in [-0.1, -0.05) is 23.2 Å². The first kappa shape index (κ1) is 47.8. The Bertz CT molecular complexity index is 2470. The van der Waals surface area contributed by atoms with E-state index in [1.807, 2.05) is 0 Å². The third kappa shape index (κ3) is 11.8. The number of amides is 1. The van der Waals surface area contributed by atoms with E-state index in [2.05, 4.69) is 40.9 Å². The van der Waals surface area contributed by atoms with Crippen molar-refractivity contribution in [3.05, 3.63) is 69.9 Å². The van der Waals surface area contributed by atoms with Crippen molar-refractivity contribution in [1.29, 1.82) is 0 Å². The minimum absolute atomic E-state index is 0. The van der Waals surface area contributed by atoms with Gasteiger partial charge >= 0.3 is 88.7 Å². The number of halogens is 3. The number of benzene rings is 3. The molecule has 0 fully saturated rings. The van der Waals surface area contributed by atoms with Crippen molar-refractivity contribution >= 4 is 111 Å². The Labute approximate surface area is 382 Å². The zero-order valence-electron chi connectivity index (χ0n) is 27.3. The summed E-state index contributed by atoms with van der Waals surface area (Å²) in [6.45, 7) is 1.37. The largest absolute Gasteiger partial charge is 1.00 e. The maximum absolute atomic E-state index is 13.2. The molecule has 1 aliphatic rings. The van der Waals surface area contributed by atoms with Crippen molar-refractivity contribution in [2.24, 2.45) is 15.3 Å². The van der Waals surface area contributed by atoms with Gasteiger partial charge in [0, 0.05) is 11.4 Å². The number of nitrogens with zero attached hydrogens (tertiary/aromatic N) is 7. The molecule has 1 amide bonds. The molecule has 0 bridgehead atoms. The Hall–Kier alpha value is -1.39. The molecule has 262 valence electrons. The molecular weight excluding hydrogens is 858 g/mol. The standard InChI is InChI=1S/C25H18Cl3N9O10S3.3Na/c1-11-21(22(38)37(36-11)18-9-16(27)20(10-15(18)26)50(45,46)47)35-34-17-8-13(4-7-19(17)49(42,43)44)30-25-32-23(28)31-24(33-25)29-12-2-5-14(6-3-12)48(39,40)41;;;/h2-10,21H,1H3,(H,39,40,41)(H,42,43,44)(H,45,46,47)(H2,29,30,31,32,33);;;/q;3*+1/p-3. The predicted octanol–water partition coefficient (Wildman–Crippen LogP) is -5.08. The first-order chi connectivity index (χ1) is 23.2. The van der Waals surface area contributed by atoms with E-state index in [4.69, 9.17) is 34.8 Å². The molecule has 19 nitrogen and oxygen atoms in total. The predicted molar refractivity (Wildman–Crippen MR) is 174 cm³/mol. The van der Waals surface area contributed by atoms with E-state index in [9.17, 15) is 43.7 Å². The van der Waals surface area contributed by atoms with E-state index >= 15 is 0 Å². The van der Waals surface area contributed by atoms with E-state index < -0.39 is 67.7 Å². The first-order valence-electron chi connectivity index (χ1n) is 13.1. The summed E-state index contributed by atoms with van der Waals surface area (Å²) >= 11 is 18.0. The van der Waals surface area contributed by atoms with Crippen molar-refractivity contribution < 1.29 is 132 Å². The number of azo groups is 1. The van der Waals surface area contributed by atoms with Gasteiger partial charge in [-0.05, 0) is 73.1 Å². The fourth-order valence-electron chi connectivity index (χ4n) is 4.16. The van der Waals surface area contributed by atoms with E-state index in [0.29, 0.717) is 0 Å². The molecule has 0 aliphatic carbocycles. The molecular formula is C25H15Cl3N9Na3O10S3. The summed E-state index contributed by atoms with van der Waals surface area (Å²) in [5.41, 5.74) is -0.352. The molecule has 1 aromatic heterocycles. The third-order valence-electron chi connectivity index (χ3n) is 6.37. The van der Waals surface area contributed by atoms with Gasteiger partial charge in [-0.2, -0.15) is 35.3 Å². The zero-order valence-corrected chi connectivity index (χ0v) is 38.1. The van der Waals surface area contributed by atoms with Crippen LogP contribution in [0.3, 0.4) is 0 Å². The Balaban J connectivity index is 0.00000324. The SMILES string of the molecule is CC1=NN(c2cc(Cl)c(S(=O)(=O)[O-])cc2Cl)C(=O)C1N=Nc1cc(Nc2nc(Cl)nc(Nc3ccc(S(=O)(=O)[O-])cc3)n2)ccc1S(=O)(=O)[O-].[Na+].[Na+].[Na+]. The molecule has 1 unspecified atom stereocenters. The first-order valence-corrected chi connectivity index (χ1v) is 18.4. The van der Waals surface area contributed by atoms with Crippen LogP contribution < -0.4 is 104 Å². The number of hydrogen-bond acceptors (Lipinski definition) is 18. The van der Waals surface area contributed by atoms with Gasteiger partial charge in [0.15, 0.2) is 6.04 Å². The normalized spacial score (nSPS) is 14.5. The van der Waals surface area contributed by atoms with Gasteiger partial charge in [-0.3, -0.25) is 4.79 Å². The van der Waals surface area contributed by atoms with Crippen LogP contribution in [0.4, 0.5) is 34.6 Å². The van der Waals surface area contributed by atoms with Crippen molar-refractivity contribution in [2.75, 3.05) is 15.6 Å². The number of nitrogens with one attached hydrogen (secondary N) is 2. The third-order valence-corrected chi connectivity index (χ3v) is 9.87. The summed E-state index contributed by atoms with van der Waals surface area (Å²) in [6.07, 6.45) is 0. The number of carbonyl (C=O) groups excluding carboxylic acids is 1. The van der Waals surface area contributed by atoms with E-state index in [-0.39, 0.29) is 134 Å². The molecule has 2 N–H and O–H groups in total. The van der Waals surface area contributed by atoms with Crippen LogP contribution in [-0.4, -0.2) is 71.5 Å². The van der Waals surface area contributed by atoms with Gasteiger partial charge in [0.25, 0.3) is 5.91 Å². The maximum atomic E-state index is 13.2. The van der Waals surface area contributed by atoms with Crippen LogP contribution in [0.15, 0.2) is 84.6 Å². The molecule has 1 atom stereocenters. The molecule has 1 aliphatic heterocycles. The van der Waals surface area contributed by atoms with Crippen LogP contribution in [-0.2, 0) is 35.1 Å². The molecule has 0 saturated heterocycles. The van der Waals surface area contributed by atoms with Crippen LogP contribution in [0.5, 0.6) is 0 Å². The Morgan fingerprint density at radius 2 is 1.26 bits per heavy atom. The van der Waals surface area contributed by atoms with Gasteiger partial charge in [0.1, 0.15) is 36.0 Å². The molecule has 4 aromatic rings. The minimum Gasteiger partial charge on any atom is -0.744 e. The molecule has 2 heterocycles. The summed E-state index contributed by atoms with van der Waals surface area (Å²) in [5, 5.41) is 16.7. The summed E-state index contributed by atoms with van der Waals surface area (Å²) < 4.78 is 104. The Morgan fingerprint density at radius 1 is 0.717 bits per heavy atom. The number of hydrazone groups is 1. The van der Waals surface area contributed by atoms with Gasteiger partial charge < -0.3 is 24.3 Å². The minimum atomic E-state index is -5.13. The van der Waals surface area contributed by atoms with Crippen LogP contribution in [0, 0.1) is 0 Å². The molecule has 5 rings (SSSR count). The van der Waals surface area contributed by atoms with Crippen LogP contribution >= 0.6 is 34.8 Å². The van der Waals surface area contributed by atoms with Crippen molar-refractivity contribution in [3.63, 3.8) is 0 Å². The molecule has 0 spiro atoms. The van der Waals surface area contributed by atoms with Crippen molar-refractivity contribution in [3.8, 4) is 0 Å². The second-order valence-electron chi connectivity index (χ2n) is 9.81. The molecule has 3 aromatic carbocycles. The Morgan fingerprint density at radius 3 is 1.81 bits per heavy atom. The number of hydrogen-bond donors (Lipinski definition) is 2. The average Bonchev–Trinajstić information content (AvgIpc) is 3.27. The summed E-state index contributed by atoms with van der Waals surface area (Å²) in [4.78, 5) is 23.1. The summed E-state index contributed by atoms with van der Waals surface area (Å²) in [7, 11) is -14.8. The molecule has 53 heavy (non-hydrogen) atoms. The number of anilines is 5. The van der Waals surface area contributed by atoms with E-state index in [0.717, 1.165) is 41.4 Å². The monoisotopic (exact) mass is 871 g/mol. The number of carbonyl (C=O) groups is 1. The van der Waals surface area contributed by atoms with E-state index in [1.165, 1.54) is 25.1 Å². The topological polar surface area (TPSA) is 292 Å². The van der Waals surface area contributed by atoms with Gasteiger partial charge in [-0.25, -0.2) is 25.3 Å². The van der Waals surface area contributed by atoms with Crippen LogP contribution in [0.1, 0.15) is 6.92 Å². The summed E-state index contributed by atoms with van der Waals surface area (Å²) in [5.74, 6) is -1.21. The Kier molecular flexibility index (Phi) is 16.9. The van der Waals surface area contributed by atoms with Gasteiger partial charge in [0.2, 0.25) is 17.2 Å². The smallest absolute Gasteiger partial charge is 0.744 e. The second-order valence-corrected chi connectivity index (χ2v) is 15.0. The fourth-order valence-corrected chi connectivity index (χ4v) is 6.69. The van der Waals surface area contributed by atoms with Crippen molar-refractivity contribution in [2.45, 2.75) is 27.7 Å². The molecule has 28 heteroatoms. The maximum Gasteiger partial charge on any atom is 1.00 e. The summed E-state index contributed by atoms with van der Waals surface area (Å²) in [6, 6.07) is 8.04. The zero-order chi connectivity index (χ0) is 36.8. The van der Waals surface area contributed by atoms with E-state index in [1.54, 1.807) is 0 Å². The molecule has 0 saturated carbocycles. The molecule has 0 radical (unpaired) electrons. The quantitative estimate of drug-likeness (QED) is 0.0857. The van der Waals surface area contributed by atoms with Gasteiger partial charge in [-0.15, -0.1) is 0 Å². The average molecular weight is 873 g/mol. The fraction of sp³-hybridized carbons (Fsp3) is 0.0800. The number of rotatable bonds is 10. The number of aromatic nitrogens is 3. The van der Waals surface area contributed by atoms with Crippen LogP contribution in [0.25, 0.3) is 0 Å². The second kappa shape index (κ2) is 18.7. The van der Waals surface area contributed by atoms with Gasteiger partial charge in [0.05, 0.1) is 36.1 Å².